The molecule has 6 nitrogen and oxygen atoms in total. The van der Waals surface area contributed by atoms with Crippen LogP contribution in [-0.4, -0.2) is 32.9 Å². The third-order valence-corrected chi connectivity index (χ3v) is 5.50. The van der Waals surface area contributed by atoms with Crippen LogP contribution in [0.4, 0.5) is 11.4 Å². The number of sulfonamides is 1. The van der Waals surface area contributed by atoms with Crippen LogP contribution in [0.1, 0.15) is 22.8 Å². The Bertz CT molecular complexity index is 957. The monoisotopic (exact) mass is 486 g/mol. The summed E-state index contributed by atoms with van der Waals surface area (Å²) in [5, 5.41) is 2.73. The quantitative estimate of drug-likeness (QED) is 0.502. The first-order chi connectivity index (χ1) is 12.1. The van der Waals surface area contributed by atoms with E-state index in [0.29, 0.717) is 11.3 Å². The van der Waals surface area contributed by atoms with Gasteiger partial charge in [-0.25, -0.2) is 8.42 Å². The van der Waals surface area contributed by atoms with Gasteiger partial charge < -0.3 is 5.32 Å². The molecule has 0 atom stereocenters. The summed E-state index contributed by atoms with van der Waals surface area (Å²) >= 11 is 2.17. The molecule has 0 aliphatic carbocycles. The number of ketones is 1. The number of halogens is 1. The highest BCUT2D eigenvalue weighted by atomic mass is 127. The molecule has 0 aliphatic rings. The van der Waals surface area contributed by atoms with Gasteiger partial charge in [-0.3, -0.25) is 13.9 Å². The summed E-state index contributed by atoms with van der Waals surface area (Å²) < 4.78 is 26.4. The van der Waals surface area contributed by atoms with Crippen molar-refractivity contribution in [2.45, 2.75) is 13.8 Å². The molecule has 0 aromatic heterocycles. The summed E-state index contributed by atoms with van der Waals surface area (Å²) in [5.74, 6) is -0.646. The third kappa shape index (κ3) is 5.28. The Morgan fingerprint density at radius 2 is 1.85 bits per heavy atom. The van der Waals surface area contributed by atoms with Gasteiger partial charge in [0, 0.05) is 14.8 Å². The summed E-state index contributed by atoms with van der Waals surface area (Å²) in [6, 6.07) is 11.8. The average molecular weight is 486 g/mol. The fourth-order valence-electron chi connectivity index (χ4n) is 2.37. The molecule has 2 aromatic carbocycles. The number of rotatable bonds is 6. The van der Waals surface area contributed by atoms with E-state index in [9.17, 15) is 18.0 Å². The lowest BCUT2D eigenvalue weighted by molar-refractivity contribution is -0.114. The molecule has 0 spiro atoms. The number of carbonyl (C=O) groups is 2. The van der Waals surface area contributed by atoms with Crippen LogP contribution in [0.15, 0.2) is 42.5 Å². The first-order valence-electron chi connectivity index (χ1n) is 7.72. The number of hydrogen-bond acceptors (Lipinski definition) is 4. The molecule has 138 valence electrons. The second kappa shape index (κ2) is 8.17. The molecule has 0 fully saturated rings. The number of aryl methyl sites for hydroxylation is 1. The Morgan fingerprint density at radius 3 is 2.42 bits per heavy atom. The van der Waals surface area contributed by atoms with E-state index in [1.165, 1.54) is 13.0 Å². The molecule has 26 heavy (non-hydrogen) atoms. The van der Waals surface area contributed by atoms with Crippen molar-refractivity contribution in [3.63, 3.8) is 0 Å². The topological polar surface area (TPSA) is 83.6 Å². The SMILES string of the molecule is CC(=O)c1cccc(N(CC(=O)Nc2ccc(I)cc2C)S(C)(=O)=O)c1. The summed E-state index contributed by atoms with van der Waals surface area (Å²) in [5.41, 5.74) is 2.16. The standard InChI is InChI=1S/C18H19IN2O4S/c1-12-9-15(19)7-8-17(12)20-18(23)11-21(26(3,24)25)16-6-4-5-14(10-16)13(2)22/h4-10H,11H2,1-3H3,(H,20,23). The normalized spacial score (nSPS) is 11.1. The van der Waals surface area contributed by atoms with Crippen molar-refractivity contribution in [2.75, 3.05) is 22.4 Å². The molecule has 0 saturated heterocycles. The second-order valence-corrected chi connectivity index (χ2v) is 9.04. The lowest BCUT2D eigenvalue weighted by Gasteiger charge is -2.22. The summed E-state index contributed by atoms with van der Waals surface area (Å²) in [6.45, 7) is 2.88. The van der Waals surface area contributed by atoms with E-state index in [1.54, 1.807) is 24.3 Å². The average Bonchev–Trinajstić information content (AvgIpc) is 2.54. The van der Waals surface area contributed by atoms with E-state index in [2.05, 4.69) is 27.9 Å². The number of nitrogens with zero attached hydrogens (tertiary/aromatic N) is 1. The lowest BCUT2D eigenvalue weighted by atomic mass is 10.1. The second-order valence-electron chi connectivity index (χ2n) is 5.88. The van der Waals surface area contributed by atoms with Gasteiger partial charge in [0.25, 0.3) is 0 Å². The van der Waals surface area contributed by atoms with Gasteiger partial charge in [0.2, 0.25) is 15.9 Å². The van der Waals surface area contributed by atoms with Crippen LogP contribution >= 0.6 is 22.6 Å². The molecule has 0 radical (unpaired) electrons. The number of anilines is 2. The van der Waals surface area contributed by atoms with Gasteiger partial charge in [0.05, 0.1) is 11.9 Å². The molecule has 8 heteroatoms. The van der Waals surface area contributed by atoms with Crippen LogP contribution in [0, 0.1) is 10.5 Å². The van der Waals surface area contributed by atoms with Crippen molar-refractivity contribution in [3.8, 4) is 0 Å². The number of amides is 1. The van der Waals surface area contributed by atoms with Crippen molar-refractivity contribution in [1.29, 1.82) is 0 Å². The predicted octanol–water partition coefficient (Wildman–Crippen LogP) is 3.21. The van der Waals surface area contributed by atoms with E-state index >= 15 is 0 Å². The van der Waals surface area contributed by atoms with E-state index in [1.807, 2.05) is 19.1 Å². The first-order valence-corrected chi connectivity index (χ1v) is 10.7. The van der Waals surface area contributed by atoms with Crippen molar-refractivity contribution in [3.05, 3.63) is 57.2 Å². The summed E-state index contributed by atoms with van der Waals surface area (Å²) in [7, 11) is -3.70. The number of nitrogens with one attached hydrogen (secondary N) is 1. The summed E-state index contributed by atoms with van der Waals surface area (Å²) in [4.78, 5) is 24.0. The van der Waals surface area contributed by atoms with Crippen molar-refractivity contribution < 1.29 is 18.0 Å². The highest BCUT2D eigenvalue weighted by Crippen LogP contribution is 2.21. The number of carbonyl (C=O) groups excluding carboxylic acids is 2. The van der Waals surface area contributed by atoms with Crippen molar-refractivity contribution in [2.24, 2.45) is 0 Å². The molecule has 2 aromatic rings. The minimum atomic E-state index is -3.70. The van der Waals surface area contributed by atoms with Gasteiger partial charge in [0.15, 0.2) is 5.78 Å². The van der Waals surface area contributed by atoms with Crippen LogP contribution in [0.25, 0.3) is 0 Å². The maximum atomic E-state index is 12.4. The van der Waals surface area contributed by atoms with E-state index in [0.717, 1.165) is 19.7 Å². The van der Waals surface area contributed by atoms with Gasteiger partial charge in [-0.1, -0.05) is 12.1 Å². The smallest absolute Gasteiger partial charge is 0.245 e. The zero-order valence-electron chi connectivity index (χ0n) is 14.6. The molecule has 0 aliphatic heterocycles. The van der Waals surface area contributed by atoms with Crippen molar-refractivity contribution in [1.82, 2.24) is 0 Å². The molecular formula is C18H19IN2O4S. The van der Waals surface area contributed by atoms with Gasteiger partial charge in [0.1, 0.15) is 6.54 Å². The Balaban J connectivity index is 2.27. The number of hydrogen-bond donors (Lipinski definition) is 1. The highest BCUT2D eigenvalue weighted by molar-refractivity contribution is 14.1. The Labute approximate surface area is 166 Å². The molecule has 1 amide bonds. The summed E-state index contributed by atoms with van der Waals surface area (Å²) in [6.07, 6.45) is 1.02. The molecule has 0 saturated carbocycles. The van der Waals surface area contributed by atoms with Crippen LogP contribution < -0.4 is 9.62 Å². The van der Waals surface area contributed by atoms with Crippen LogP contribution in [0.5, 0.6) is 0 Å². The van der Waals surface area contributed by atoms with Gasteiger partial charge in [-0.2, -0.15) is 0 Å². The van der Waals surface area contributed by atoms with Crippen molar-refractivity contribution >= 4 is 55.7 Å². The van der Waals surface area contributed by atoms with Gasteiger partial charge in [-0.05, 0) is 72.3 Å². The molecular weight excluding hydrogens is 467 g/mol. The third-order valence-electron chi connectivity index (χ3n) is 3.69. The minimum Gasteiger partial charge on any atom is -0.324 e. The van der Waals surface area contributed by atoms with Crippen LogP contribution in [-0.2, 0) is 14.8 Å². The Kier molecular flexibility index (Phi) is 6.40. The fraction of sp³-hybridized carbons (Fsp3) is 0.222. The minimum absolute atomic E-state index is 0.181. The molecule has 0 heterocycles. The maximum absolute atomic E-state index is 12.4. The van der Waals surface area contributed by atoms with Crippen LogP contribution in [0.3, 0.4) is 0 Å². The molecule has 1 N–H and O–H groups in total. The first kappa shape index (κ1) is 20.4. The van der Waals surface area contributed by atoms with E-state index in [4.69, 9.17) is 0 Å². The lowest BCUT2D eigenvalue weighted by Crippen LogP contribution is -2.37. The maximum Gasteiger partial charge on any atom is 0.245 e. The molecule has 0 unspecified atom stereocenters. The number of Topliss-reactive ketones (excluding diaryl/α,β-unsaturated/α-hetero) is 1. The number of benzene rings is 2. The Morgan fingerprint density at radius 1 is 1.15 bits per heavy atom. The zero-order valence-corrected chi connectivity index (χ0v) is 17.6. The van der Waals surface area contributed by atoms with E-state index < -0.39 is 15.9 Å². The van der Waals surface area contributed by atoms with Gasteiger partial charge >= 0.3 is 0 Å². The fourth-order valence-corrected chi connectivity index (χ4v) is 3.86. The van der Waals surface area contributed by atoms with E-state index in [-0.39, 0.29) is 18.0 Å². The Hall–Kier alpha value is -1.94. The highest BCUT2D eigenvalue weighted by Gasteiger charge is 2.21. The van der Waals surface area contributed by atoms with Gasteiger partial charge in [-0.15, -0.1) is 0 Å². The largest absolute Gasteiger partial charge is 0.324 e. The molecule has 0 bridgehead atoms. The zero-order chi connectivity index (χ0) is 19.5. The van der Waals surface area contributed by atoms with Crippen LogP contribution in [0.2, 0.25) is 0 Å². The predicted molar refractivity (Wildman–Crippen MR) is 111 cm³/mol. The molecule has 2 rings (SSSR count).